The van der Waals surface area contributed by atoms with E-state index in [0.29, 0.717) is 5.78 Å². The number of hydrogen-bond acceptors (Lipinski definition) is 2. The lowest BCUT2D eigenvalue weighted by atomic mass is 10.1. The number of carbonyl (C=O) groups is 1. The third kappa shape index (κ3) is 2.68. The van der Waals surface area contributed by atoms with Crippen molar-refractivity contribution in [1.82, 2.24) is 4.90 Å². The Kier molecular flexibility index (Phi) is 3.32. The molecule has 1 rings (SSSR count). The summed E-state index contributed by atoms with van der Waals surface area (Å²) in [6.45, 7) is 0. The standard InChI is InChI=1S/C10H17NO/c1-11(2)8-9-6-4-3-5-7-10(9)12/h8H,3-7H2,1-2H3/b9-8-. The zero-order chi connectivity index (χ0) is 8.97. The first-order chi connectivity index (χ1) is 5.70. The second-order valence-electron chi connectivity index (χ2n) is 3.60. The van der Waals surface area contributed by atoms with E-state index in [1.54, 1.807) is 0 Å². The van der Waals surface area contributed by atoms with Crippen molar-refractivity contribution in [3.05, 3.63) is 11.8 Å². The molecule has 0 saturated heterocycles. The van der Waals surface area contributed by atoms with E-state index >= 15 is 0 Å². The Morgan fingerprint density at radius 1 is 1.17 bits per heavy atom. The third-order valence-electron chi connectivity index (χ3n) is 2.12. The number of nitrogens with zero attached hydrogens (tertiary/aromatic N) is 1. The molecule has 1 saturated carbocycles. The van der Waals surface area contributed by atoms with Crippen molar-refractivity contribution in [2.24, 2.45) is 0 Å². The summed E-state index contributed by atoms with van der Waals surface area (Å²) in [6.07, 6.45) is 7.13. The van der Waals surface area contributed by atoms with Gasteiger partial charge < -0.3 is 4.90 Å². The average Bonchev–Trinajstić information content (AvgIpc) is 2.16. The van der Waals surface area contributed by atoms with E-state index in [9.17, 15) is 4.79 Å². The van der Waals surface area contributed by atoms with Crippen LogP contribution in [0.4, 0.5) is 0 Å². The monoisotopic (exact) mass is 167 g/mol. The molecule has 68 valence electrons. The smallest absolute Gasteiger partial charge is 0.160 e. The number of ketones is 1. The summed E-state index contributed by atoms with van der Waals surface area (Å²) in [5, 5.41) is 0. The van der Waals surface area contributed by atoms with Gasteiger partial charge in [-0.2, -0.15) is 0 Å². The zero-order valence-electron chi connectivity index (χ0n) is 7.97. The fraction of sp³-hybridized carbons (Fsp3) is 0.700. The molecule has 1 aliphatic rings. The highest BCUT2D eigenvalue weighted by molar-refractivity contribution is 5.95. The molecule has 0 bridgehead atoms. The first kappa shape index (κ1) is 9.30. The molecule has 0 atom stereocenters. The van der Waals surface area contributed by atoms with E-state index in [0.717, 1.165) is 24.8 Å². The predicted octanol–water partition coefficient (Wildman–Crippen LogP) is 1.97. The summed E-state index contributed by atoms with van der Waals surface area (Å²) >= 11 is 0. The van der Waals surface area contributed by atoms with Gasteiger partial charge in [0.05, 0.1) is 0 Å². The minimum atomic E-state index is 0.348. The van der Waals surface area contributed by atoms with Gasteiger partial charge in [-0.25, -0.2) is 0 Å². The maximum absolute atomic E-state index is 11.5. The molecule has 0 radical (unpaired) electrons. The minimum Gasteiger partial charge on any atom is -0.383 e. The average molecular weight is 167 g/mol. The van der Waals surface area contributed by atoms with Crippen molar-refractivity contribution in [3.63, 3.8) is 0 Å². The summed E-state index contributed by atoms with van der Waals surface area (Å²) < 4.78 is 0. The van der Waals surface area contributed by atoms with Crippen LogP contribution in [-0.2, 0) is 4.79 Å². The molecule has 2 nitrogen and oxygen atoms in total. The summed E-state index contributed by atoms with van der Waals surface area (Å²) in [5.74, 6) is 0.348. The van der Waals surface area contributed by atoms with Crippen LogP contribution in [0.25, 0.3) is 0 Å². The number of allylic oxidation sites excluding steroid dienone is 1. The normalized spacial score (nSPS) is 22.5. The molecule has 0 aromatic carbocycles. The quantitative estimate of drug-likeness (QED) is 0.439. The van der Waals surface area contributed by atoms with Gasteiger partial charge in [0, 0.05) is 32.3 Å². The Hall–Kier alpha value is -0.790. The second kappa shape index (κ2) is 4.29. The van der Waals surface area contributed by atoms with Gasteiger partial charge in [0.15, 0.2) is 5.78 Å². The van der Waals surface area contributed by atoms with Crippen LogP contribution in [0.3, 0.4) is 0 Å². The summed E-state index contributed by atoms with van der Waals surface area (Å²) in [6, 6.07) is 0. The highest BCUT2D eigenvalue weighted by Gasteiger charge is 2.12. The third-order valence-corrected chi connectivity index (χ3v) is 2.12. The summed E-state index contributed by atoms with van der Waals surface area (Å²) in [5.41, 5.74) is 1.01. The molecule has 2 heteroatoms. The maximum atomic E-state index is 11.5. The van der Waals surface area contributed by atoms with Crippen LogP contribution in [0.15, 0.2) is 11.8 Å². The van der Waals surface area contributed by atoms with Gasteiger partial charge in [-0.05, 0) is 19.3 Å². The van der Waals surface area contributed by atoms with Crippen LogP contribution in [0.1, 0.15) is 32.1 Å². The molecule has 0 aromatic heterocycles. The minimum absolute atomic E-state index is 0.348. The van der Waals surface area contributed by atoms with Gasteiger partial charge in [0.25, 0.3) is 0 Å². The molecular weight excluding hydrogens is 150 g/mol. The lowest BCUT2D eigenvalue weighted by Crippen LogP contribution is -2.08. The maximum Gasteiger partial charge on any atom is 0.160 e. The predicted molar refractivity (Wildman–Crippen MR) is 49.9 cm³/mol. The second-order valence-corrected chi connectivity index (χ2v) is 3.60. The molecule has 0 aromatic rings. The number of carbonyl (C=O) groups excluding carboxylic acids is 1. The van der Waals surface area contributed by atoms with Gasteiger partial charge in [-0.15, -0.1) is 0 Å². The first-order valence-electron chi connectivity index (χ1n) is 4.60. The summed E-state index contributed by atoms with van der Waals surface area (Å²) in [4.78, 5) is 13.4. The van der Waals surface area contributed by atoms with E-state index in [4.69, 9.17) is 0 Å². The number of rotatable bonds is 1. The molecule has 1 fully saturated rings. The zero-order valence-corrected chi connectivity index (χ0v) is 7.97. The molecule has 1 aliphatic carbocycles. The Morgan fingerprint density at radius 3 is 2.50 bits per heavy atom. The van der Waals surface area contributed by atoms with Gasteiger partial charge in [-0.1, -0.05) is 6.42 Å². The van der Waals surface area contributed by atoms with E-state index < -0.39 is 0 Å². The molecule has 0 heterocycles. The van der Waals surface area contributed by atoms with Crippen LogP contribution >= 0.6 is 0 Å². The SMILES string of the molecule is CN(C)/C=C1/CCCCCC1=O. The molecule has 0 spiro atoms. The lowest BCUT2D eigenvalue weighted by molar-refractivity contribution is -0.115. The Balaban J connectivity index is 2.65. The van der Waals surface area contributed by atoms with Crippen molar-refractivity contribution in [2.75, 3.05) is 14.1 Å². The van der Waals surface area contributed by atoms with Crippen LogP contribution < -0.4 is 0 Å². The Labute approximate surface area is 74.2 Å². The van der Waals surface area contributed by atoms with Crippen LogP contribution in [0.5, 0.6) is 0 Å². The lowest BCUT2D eigenvalue weighted by Gasteiger charge is -2.08. The first-order valence-corrected chi connectivity index (χ1v) is 4.60. The highest BCUT2D eigenvalue weighted by atomic mass is 16.1. The summed E-state index contributed by atoms with van der Waals surface area (Å²) in [7, 11) is 3.93. The van der Waals surface area contributed by atoms with Crippen molar-refractivity contribution in [3.8, 4) is 0 Å². The molecule has 0 aliphatic heterocycles. The number of Topliss-reactive ketones (excluding diaryl/α,β-unsaturated/α-hetero) is 1. The molecule has 0 N–H and O–H groups in total. The van der Waals surface area contributed by atoms with Crippen LogP contribution in [-0.4, -0.2) is 24.8 Å². The topological polar surface area (TPSA) is 20.3 Å². The Morgan fingerprint density at radius 2 is 1.83 bits per heavy atom. The fourth-order valence-electron chi connectivity index (χ4n) is 1.53. The molecule has 0 unspecified atom stereocenters. The van der Waals surface area contributed by atoms with E-state index in [-0.39, 0.29) is 0 Å². The van der Waals surface area contributed by atoms with Gasteiger partial charge in [0.2, 0.25) is 0 Å². The van der Waals surface area contributed by atoms with Crippen molar-refractivity contribution < 1.29 is 4.79 Å². The van der Waals surface area contributed by atoms with Gasteiger partial charge in [-0.3, -0.25) is 4.79 Å². The fourth-order valence-corrected chi connectivity index (χ4v) is 1.53. The van der Waals surface area contributed by atoms with E-state index in [1.165, 1.54) is 12.8 Å². The van der Waals surface area contributed by atoms with Crippen LogP contribution in [0.2, 0.25) is 0 Å². The van der Waals surface area contributed by atoms with E-state index in [2.05, 4.69) is 0 Å². The van der Waals surface area contributed by atoms with Crippen molar-refractivity contribution in [1.29, 1.82) is 0 Å². The van der Waals surface area contributed by atoms with Crippen molar-refractivity contribution in [2.45, 2.75) is 32.1 Å². The van der Waals surface area contributed by atoms with Gasteiger partial charge in [0.1, 0.15) is 0 Å². The van der Waals surface area contributed by atoms with Crippen molar-refractivity contribution >= 4 is 5.78 Å². The molecule has 12 heavy (non-hydrogen) atoms. The number of hydrogen-bond donors (Lipinski definition) is 0. The van der Waals surface area contributed by atoms with E-state index in [1.807, 2.05) is 25.2 Å². The van der Waals surface area contributed by atoms with Crippen LogP contribution in [0, 0.1) is 0 Å². The highest BCUT2D eigenvalue weighted by Crippen LogP contribution is 2.19. The molecular formula is C10H17NO. The van der Waals surface area contributed by atoms with Gasteiger partial charge >= 0.3 is 0 Å². The largest absolute Gasteiger partial charge is 0.383 e. The molecule has 0 amide bonds. The Bertz CT molecular complexity index is 194.